The van der Waals surface area contributed by atoms with Gasteiger partial charge in [0, 0.05) is 67.4 Å². The van der Waals surface area contributed by atoms with Crippen LogP contribution in [0.2, 0.25) is 5.02 Å². The maximum absolute atomic E-state index is 10.2. The summed E-state index contributed by atoms with van der Waals surface area (Å²) < 4.78 is 11.5. The highest BCUT2D eigenvalue weighted by Crippen LogP contribution is 2.46. The van der Waals surface area contributed by atoms with Crippen molar-refractivity contribution < 1.29 is 14.6 Å². The van der Waals surface area contributed by atoms with Crippen molar-refractivity contribution in [2.45, 2.75) is 59.3 Å². The fourth-order valence-corrected chi connectivity index (χ4v) is 8.36. The van der Waals surface area contributed by atoms with E-state index >= 15 is 0 Å². The van der Waals surface area contributed by atoms with Crippen LogP contribution in [-0.4, -0.2) is 76.2 Å². The average molecular weight is 673 g/mol. The van der Waals surface area contributed by atoms with Gasteiger partial charge in [0.2, 0.25) is 0 Å². The Morgan fingerprint density at radius 2 is 1.89 bits per heavy atom. The van der Waals surface area contributed by atoms with Crippen molar-refractivity contribution in [3.63, 3.8) is 0 Å². The summed E-state index contributed by atoms with van der Waals surface area (Å²) in [6.07, 6.45) is 5.88. The summed E-state index contributed by atoms with van der Waals surface area (Å²) in [7, 11) is 0. The van der Waals surface area contributed by atoms with Gasteiger partial charge in [-0.1, -0.05) is 23.4 Å². The highest BCUT2D eigenvalue weighted by molar-refractivity contribution is 14.1. The van der Waals surface area contributed by atoms with E-state index in [1.54, 1.807) is 0 Å². The smallest absolute Gasteiger partial charge is 0.153 e. The Hall–Kier alpha value is -0.960. The van der Waals surface area contributed by atoms with Gasteiger partial charge in [-0.05, 0) is 61.3 Å². The quantitative estimate of drug-likeness (QED) is 0.360. The summed E-state index contributed by atoms with van der Waals surface area (Å²) in [6, 6.07) is 1.97. The summed E-state index contributed by atoms with van der Waals surface area (Å²) in [4.78, 5) is 19.8. The first-order valence-corrected chi connectivity index (χ1v) is 15.7. The summed E-state index contributed by atoms with van der Waals surface area (Å²) in [5.41, 5.74) is 8.25. The largest absolute Gasteiger partial charge is 0.390 e. The van der Waals surface area contributed by atoms with E-state index in [0.717, 1.165) is 92.3 Å². The van der Waals surface area contributed by atoms with E-state index < -0.39 is 0 Å². The van der Waals surface area contributed by atoms with Gasteiger partial charge in [-0.3, -0.25) is 0 Å². The van der Waals surface area contributed by atoms with E-state index in [1.165, 1.54) is 11.8 Å². The first-order valence-electron chi connectivity index (χ1n) is 13.2. The maximum atomic E-state index is 10.2. The van der Waals surface area contributed by atoms with Crippen LogP contribution in [0.1, 0.15) is 37.1 Å². The van der Waals surface area contributed by atoms with Crippen LogP contribution in [0, 0.1) is 17.8 Å². The molecule has 6 rings (SSSR count). The monoisotopic (exact) mass is 672 g/mol. The van der Waals surface area contributed by atoms with Gasteiger partial charge >= 0.3 is 0 Å². The molecule has 2 atom stereocenters. The molecular formula is C26H34ClIN6O3S. The van der Waals surface area contributed by atoms with Gasteiger partial charge in [-0.2, -0.15) is 0 Å². The molecule has 4 aliphatic rings. The Morgan fingerprint density at radius 3 is 2.55 bits per heavy atom. The molecule has 0 aliphatic carbocycles. The number of aliphatic hydroxyl groups excluding tert-OH is 1. The van der Waals surface area contributed by atoms with Crippen LogP contribution in [0.15, 0.2) is 22.2 Å². The number of alkyl halides is 1. The zero-order valence-electron chi connectivity index (χ0n) is 21.5. The van der Waals surface area contributed by atoms with Crippen LogP contribution in [0.5, 0.6) is 0 Å². The van der Waals surface area contributed by atoms with Gasteiger partial charge in [-0.25, -0.2) is 15.0 Å². The van der Waals surface area contributed by atoms with Gasteiger partial charge in [-0.15, -0.1) is 0 Å². The van der Waals surface area contributed by atoms with Crippen LogP contribution in [0.4, 0.5) is 11.6 Å². The highest BCUT2D eigenvalue weighted by atomic mass is 127. The number of hydrogen-bond acceptors (Lipinski definition) is 10. The number of hydrogen-bond donors (Lipinski definition) is 2. The summed E-state index contributed by atoms with van der Waals surface area (Å²) >= 11 is 10.7. The molecule has 4 fully saturated rings. The Kier molecular flexibility index (Phi) is 7.73. The van der Waals surface area contributed by atoms with Crippen molar-refractivity contribution in [2.75, 3.05) is 55.8 Å². The molecule has 9 nitrogen and oxygen atoms in total. The number of aryl methyl sites for hydroxylation is 1. The Labute approximate surface area is 246 Å². The fraction of sp³-hybridized carbons (Fsp3) is 0.654. The molecule has 2 aromatic heterocycles. The number of aliphatic hydroxyl groups is 1. The summed E-state index contributed by atoms with van der Waals surface area (Å²) in [5, 5.41) is 11.6. The Balaban J connectivity index is 1.17. The number of anilines is 2. The molecule has 0 saturated carbocycles. The number of nitrogens with zero attached hydrogens (tertiary/aromatic N) is 5. The molecule has 0 radical (unpaired) electrons. The second-order valence-electron chi connectivity index (χ2n) is 11.1. The average Bonchev–Trinajstić information content (AvgIpc) is 3.18. The van der Waals surface area contributed by atoms with E-state index in [9.17, 15) is 5.11 Å². The third kappa shape index (κ3) is 4.90. The first kappa shape index (κ1) is 27.2. The van der Waals surface area contributed by atoms with Gasteiger partial charge < -0.3 is 30.1 Å². The van der Waals surface area contributed by atoms with Crippen molar-refractivity contribution in [1.82, 2.24) is 15.0 Å². The molecule has 38 heavy (non-hydrogen) atoms. The zero-order chi connectivity index (χ0) is 26.5. The van der Waals surface area contributed by atoms with Crippen LogP contribution in [0.25, 0.3) is 0 Å². The van der Waals surface area contributed by atoms with E-state index in [2.05, 4.69) is 37.4 Å². The highest BCUT2D eigenvalue weighted by Gasteiger charge is 2.49. The minimum Gasteiger partial charge on any atom is -0.390 e. The number of halogens is 2. The number of aromatic nitrogens is 3. The SMILES string of the molecule is Cc1nc(N2CCC3(CC2)CO[C@@H](I)[C@H]3N)c(CO)nc1Sc1ccnc(N2CC3(CCOCC3)C2)c1Cl. The molecule has 4 aliphatic heterocycles. The molecule has 206 valence electrons. The Morgan fingerprint density at radius 1 is 1.16 bits per heavy atom. The van der Waals surface area contributed by atoms with Crippen LogP contribution in [-0.2, 0) is 16.1 Å². The maximum Gasteiger partial charge on any atom is 0.153 e. The number of piperidine rings is 1. The topological polar surface area (TPSA) is 110 Å². The van der Waals surface area contributed by atoms with Crippen molar-refractivity contribution in [1.29, 1.82) is 0 Å². The number of nitrogens with two attached hydrogens (primary N) is 1. The summed E-state index contributed by atoms with van der Waals surface area (Å²) in [5.74, 6) is 1.58. The second-order valence-corrected chi connectivity index (χ2v) is 13.7. The van der Waals surface area contributed by atoms with Crippen molar-refractivity contribution >= 4 is 57.6 Å². The lowest BCUT2D eigenvalue weighted by molar-refractivity contribution is -0.000458. The van der Waals surface area contributed by atoms with Crippen molar-refractivity contribution in [3.8, 4) is 0 Å². The molecule has 0 amide bonds. The third-order valence-electron chi connectivity index (χ3n) is 8.75. The lowest BCUT2D eigenvalue weighted by atomic mass is 9.73. The van der Waals surface area contributed by atoms with E-state index in [1.807, 2.05) is 19.2 Å². The van der Waals surface area contributed by atoms with Gasteiger partial charge in [0.1, 0.15) is 20.6 Å². The van der Waals surface area contributed by atoms with E-state index in [4.69, 9.17) is 36.8 Å². The lowest BCUT2D eigenvalue weighted by Crippen LogP contribution is -2.59. The molecule has 0 unspecified atom stereocenters. The van der Waals surface area contributed by atoms with Gasteiger partial charge in [0.15, 0.2) is 5.82 Å². The molecule has 12 heteroatoms. The van der Waals surface area contributed by atoms with E-state index in [-0.39, 0.29) is 22.2 Å². The van der Waals surface area contributed by atoms with E-state index in [0.29, 0.717) is 22.7 Å². The normalized spacial score (nSPS) is 26.2. The molecule has 6 heterocycles. The van der Waals surface area contributed by atoms with Crippen LogP contribution < -0.4 is 15.5 Å². The Bertz CT molecular complexity index is 1190. The molecule has 0 aromatic carbocycles. The molecule has 0 bridgehead atoms. The standard InChI is InChI=1S/C26H34ClIN6O3S/c1-16-24(38-18-2-7-30-23(19(18)27)34-13-25(14-34)5-10-36-11-6-25)32-17(12-35)22(31-16)33-8-3-26(4-9-33)15-37-21(28)20(26)29/h2,7,20-21,35H,3-6,8-15,29H2,1H3/t20-,21-/m1/s1. The summed E-state index contributed by atoms with van der Waals surface area (Å²) in [6.45, 7) is 7.74. The third-order valence-corrected chi connectivity index (χ3v) is 11.5. The fourth-order valence-electron chi connectivity index (χ4n) is 6.20. The molecule has 2 aromatic rings. The van der Waals surface area contributed by atoms with Gasteiger partial charge in [0.05, 0.1) is 23.9 Å². The molecule has 3 N–H and O–H groups in total. The van der Waals surface area contributed by atoms with Gasteiger partial charge in [0.25, 0.3) is 0 Å². The zero-order valence-corrected chi connectivity index (χ0v) is 25.3. The molecule has 4 saturated heterocycles. The minimum absolute atomic E-state index is 0.0245. The van der Waals surface area contributed by atoms with Crippen molar-refractivity contribution in [3.05, 3.63) is 28.7 Å². The second kappa shape index (κ2) is 10.8. The first-order chi connectivity index (χ1) is 18.3. The molecule has 2 spiro atoms. The minimum atomic E-state index is -0.175. The van der Waals surface area contributed by atoms with Crippen LogP contribution in [0.3, 0.4) is 0 Å². The number of rotatable bonds is 5. The van der Waals surface area contributed by atoms with Crippen molar-refractivity contribution in [2.24, 2.45) is 16.6 Å². The predicted molar refractivity (Wildman–Crippen MR) is 156 cm³/mol. The number of pyridine rings is 1. The number of ether oxygens (including phenoxy) is 2. The van der Waals surface area contributed by atoms with Crippen LogP contribution >= 0.6 is 46.0 Å². The lowest BCUT2D eigenvalue weighted by Gasteiger charge is -2.52. The molecular weight excluding hydrogens is 639 g/mol. The predicted octanol–water partition coefficient (Wildman–Crippen LogP) is 3.80.